The third-order valence-electron chi connectivity index (χ3n) is 7.50. The van der Waals surface area contributed by atoms with Crippen LogP contribution in [0.5, 0.6) is 0 Å². The van der Waals surface area contributed by atoms with E-state index in [0.717, 1.165) is 49.6 Å². The average molecular weight is 558 g/mol. The zero-order chi connectivity index (χ0) is 30.5. The van der Waals surface area contributed by atoms with Gasteiger partial charge >= 0.3 is 5.97 Å². The number of likely N-dealkylation sites (N-methyl/N-ethyl adjacent to an activating group) is 1. The maximum atomic E-state index is 13.5. The standard InChI is InChI=1S/C31H44FN3O3.CH4O/c1-8-24(29(38)33-20-17-28(36)37)10-9-22(2)21-35(7)31(18-15-26(16-19-31)30(4,5)6)34-23(3)25-11-13-27(32)14-12-25;1-2/h8-14,26H,2,15-21H2,1,3-7H3,(H,33,38)(H,36,37);2H,1H3/b10-9-,24-8+,34-23+;. The van der Waals surface area contributed by atoms with Crippen molar-refractivity contribution in [2.75, 3.05) is 27.2 Å². The number of carbonyl (C=O) groups excluding carboxylic acids is 1. The molecule has 0 radical (unpaired) electrons. The Bertz CT molecular complexity index is 1080. The van der Waals surface area contributed by atoms with Crippen LogP contribution in [0.1, 0.15) is 72.3 Å². The number of halogens is 1. The number of carboxylic acid groups (broad SMARTS) is 1. The van der Waals surface area contributed by atoms with Crippen LogP contribution >= 0.6 is 0 Å². The van der Waals surface area contributed by atoms with Crippen molar-refractivity contribution in [3.8, 4) is 0 Å². The van der Waals surface area contributed by atoms with Crippen LogP contribution in [-0.2, 0) is 9.59 Å². The number of nitrogens with zero attached hydrogens (tertiary/aromatic N) is 2. The van der Waals surface area contributed by atoms with Crippen LogP contribution < -0.4 is 5.32 Å². The van der Waals surface area contributed by atoms with Gasteiger partial charge in [-0.3, -0.25) is 19.5 Å². The van der Waals surface area contributed by atoms with E-state index in [-0.39, 0.29) is 30.1 Å². The van der Waals surface area contributed by atoms with Crippen molar-refractivity contribution in [2.45, 2.75) is 72.4 Å². The minimum Gasteiger partial charge on any atom is -0.481 e. The van der Waals surface area contributed by atoms with E-state index in [4.69, 9.17) is 15.2 Å². The molecule has 8 heteroatoms. The van der Waals surface area contributed by atoms with Crippen LogP contribution in [0.3, 0.4) is 0 Å². The molecule has 1 aliphatic carbocycles. The number of carboxylic acids is 1. The number of hydrogen-bond acceptors (Lipinski definition) is 5. The first-order valence-corrected chi connectivity index (χ1v) is 13.8. The highest BCUT2D eigenvalue weighted by Gasteiger charge is 2.41. The summed E-state index contributed by atoms with van der Waals surface area (Å²) in [6, 6.07) is 6.46. The van der Waals surface area contributed by atoms with E-state index in [1.54, 1.807) is 31.2 Å². The number of carbonyl (C=O) groups is 2. The van der Waals surface area contributed by atoms with Crippen molar-refractivity contribution in [3.05, 3.63) is 71.6 Å². The molecule has 1 aromatic carbocycles. The summed E-state index contributed by atoms with van der Waals surface area (Å²) >= 11 is 0. The van der Waals surface area contributed by atoms with Gasteiger partial charge in [-0.1, -0.05) is 51.6 Å². The maximum absolute atomic E-state index is 13.5. The van der Waals surface area contributed by atoms with Gasteiger partial charge in [-0.25, -0.2) is 4.39 Å². The molecule has 1 aromatic rings. The fourth-order valence-corrected chi connectivity index (χ4v) is 4.99. The number of aliphatic hydroxyl groups excluding tert-OH is 1. The molecule has 1 aliphatic rings. The summed E-state index contributed by atoms with van der Waals surface area (Å²) in [5, 5.41) is 18.4. The lowest BCUT2D eigenvalue weighted by Crippen LogP contribution is -2.49. The number of hydrogen-bond donors (Lipinski definition) is 3. The Labute approximate surface area is 239 Å². The Morgan fingerprint density at radius 1 is 1.18 bits per heavy atom. The number of aliphatic hydroxyl groups is 1. The van der Waals surface area contributed by atoms with E-state index in [1.807, 2.05) is 13.0 Å². The highest BCUT2D eigenvalue weighted by atomic mass is 19.1. The third-order valence-corrected chi connectivity index (χ3v) is 7.50. The number of amides is 1. The molecule has 0 aromatic heterocycles. The highest BCUT2D eigenvalue weighted by Crippen LogP contribution is 2.44. The van der Waals surface area contributed by atoms with Crippen molar-refractivity contribution in [2.24, 2.45) is 16.3 Å². The topological polar surface area (TPSA) is 102 Å². The molecule has 1 saturated carbocycles. The van der Waals surface area contributed by atoms with Gasteiger partial charge in [0, 0.05) is 31.5 Å². The zero-order valence-corrected chi connectivity index (χ0v) is 25.3. The highest BCUT2D eigenvalue weighted by molar-refractivity contribution is 5.99. The van der Waals surface area contributed by atoms with E-state index < -0.39 is 11.6 Å². The molecular formula is C32H48FN3O4. The van der Waals surface area contributed by atoms with Crippen LogP contribution in [0.2, 0.25) is 0 Å². The molecule has 0 unspecified atom stereocenters. The lowest BCUT2D eigenvalue weighted by molar-refractivity contribution is -0.136. The molecule has 0 atom stereocenters. The largest absolute Gasteiger partial charge is 0.481 e. The summed E-state index contributed by atoms with van der Waals surface area (Å²) in [4.78, 5) is 30.6. The number of aliphatic imine (C=N–C) groups is 1. The van der Waals surface area contributed by atoms with Gasteiger partial charge in [-0.05, 0) is 87.3 Å². The van der Waals surface area contributed by atoms with Gasteiger partial charge < -0.3 is 15.5 Å². The first-order chi connectivity index (χ1) is 18.8. The molecule has 0 bridgehead atoms. The SMILES string of the molecule is C=C(/C=C\C(=C/C)C(=O)NCCC(=O)O)CN(C)C1(/N=C(\C)c2ccc(F)cc2)CCC(C(C)(C)C)CC1.CO. The van der Waals surface area contributed by atoms with Crippen molar-refractivity contribution >= 4 is 17.6 Å². The lowest BCUT2D eigenvalue weighted by Gasteiger charge is -2.47. The molecule has 0 saturated heterocycles. The molecule has 2 rings (SSSR count). The van der Waals surface area contributed by atoms with Crippen LogP contribution in [0, 0.1) is 17.2 Å². The van der Waals surface area contributed by atoms with Crippen molar-refractivity contribution < 1.29 is 24.2 Å². The fourth-order valence-electron chi connectivity index (χ4n) is 4.99. The van der Waals surface area contributed by atoms with E-state index in [2.05, 4.69) is 44.6 Å². The van der Waals surface area contributed by atoms with E-state index in [9.17, 15) is 14.0 Å². The van der Waals surface area contributed by atoms with Crippen LogP contribution in [0.25, 0.3) is 0 Å². The number of nitrogens with one attached hydrogen (secondary N) is 1. The van der Waals surface area contributed by atoms with Gasteiger partial charge in [-0.2, -0.15) is 0 Å². The molecule has 0 spiro atoms. The van der Waals surface area contributed by atoms with Crippen LogP contribution in [-0.4, -0.2) is 65.6 Å². The second kappa shape index (κ2) is 16.2. The first kappa shape index (κ1) is 34.9. The summed E-state index contributed by atoms with van der Waals surface area (Å²) in [7, 11) is 3.06. The Balaban J connectivity index is 0.00000391. The summed E-state index contributed by atoms with van der Waals surface area (Å²) in [5.41, 5.74) is 2.89. The van der Waals surface area contributed by atoms with Gasteiger partial charge in [0.2, 0.25) is 0 Å². The average Bonchev–Trinajstić information content (AvgIpc) is 2.90. The summed E-state index contributed by atoms with van der Waals surface area (Å²) < 4.78 is 13.5. The summed E-state index contributed by atoms with van der Waals surface area (Å²) in [6.45, 7) is 15.5. The molecule has 7 nitrogen and oxygen atoms in total. The molecule has 1 amide bonds. The normalized spacial score (nSPS) is 20.2. The molecule has 0 heterocycles. The molecular weight excluding hydrogens is 509 g/mol. The fraction of sp³-hybridized carbons (Fsp3) is 0.531. The Morgan fingerprint density at radius 3 is 2.25 bits per heavy atom. The minimum absolute atomic E-state index is 0.0759. The van der Waals surface area contributed by atoms with Crippen LogP contribution in [0.4, 0.5) is 4.39 Å². The number of allylic oxidation sites excluding steroid dienone is 1. The molecule has 3 N–H and O–H groups in total. The summed E-state index contributed by atoms with van der Waals surface area (Å²) in [6.07, 6.45) is 9.05. The van der Waals surface area contributed by atoms with Crippen molar-refractivity contribution in [1.82, 2.24) is 10.2 Å². The maximum Gasteiger partial charge on any atom is 0.305 e. The van der Waals surface area contributed by atoms with Crippen molar-refractivity contribution in [1.29, 1.82) is 0 Å². The smallest absolute Gasteiger partial charge is 0.305 e. The predicted molar refractivity (Wildman–Crippen MR) is 161 cm³/mol. The van der Waals surface area contributed by atoms with E-state index >= 15 is 0 Å². The quantitative estimate of drug-likeness (QED) is 0.182. The number of aliphatic carboxylic acids is 1. The lowest BCUT2D eigenvalue weighted by atomic mass is 9.69. The number of benzene rings is 1. The Kier molecular flexibility index (Phi) is 14.2. The van der Waals surface area contributed by atoms with E-state index in [0.29, 0.717) is 18.0 Å². The zero-order valence-electron chi connectivity index (χ0n) is 25.3. The van der Waals surface area contributed by atoms with Gasteiger partial charge in [0.05, 0.1) is 6.42 Å². The van der Waals surface area contributed by atoms with Crippen LogP contribution in [0.15, 0.2) is 65.2 Å². The predicted octanol–water partition coefficient (Wildman–Crippen LogP) is 5.76. The van der Waals surface area contributed by atoms with Crippen molar-refractivity contribution in [3.63, 3.8) is 0 Å². The monoisotopic (exact) mass is 557 g/mol. The molecule has 0 aliphatic heterocycles. The van der Waals surface area contributed by atoms with E-state index in [1.165, 1.54) is 12.1 Å². The molecule has 1 fully saturated rings. The minimum atomic E-state index is -0.956. The first-order valence-electron chi connectivity index (χ1n) is 13.8. The van der Waals surface area contributed by atoms with Gasteiger partial charge in [0.25, 0.3) is 5.91 Å². The molecule has 222 valence electrons. The summed E-state index contributed by atoms with van der Waals surface area (Å²) in [5.74, 6) is -0.923. The second-order valence-corrected chi connectivity index (χ2v) is 11.3. The van der Waals surface area contributed by atoms with Gasteiger partial charge in [0.1, 0.15) is 11.5 Å². The second-order valence-electron chi connectivity index (χ2n) is 11.3. The third kappa shape index (κ3) is 10.8. The van der Waals surface area contributed by atoms with Gasteiger partial charge in [0.15, 0.2) is 0 Å². The Morgan fingerprint density at radius 2 is 1.75 bits per heavy atom. The Hall–Kier alpha value is -3.10. The van der Waals surface area contributed by atoms with Gasteiger partial charge in [-0.15, -0.1) is 0 Å². The number of rotatable bonds is 11. The molecule has 40 heavy (non-hydrogen) atoms.